The molecule has 162 valence electrons. The van der Waals surface area contributed by atoms with Crippen molar-refractivity contribution in [3.63, 3.8) is 0 Å². The Hall–Kier alpha value is -3.71. The topological polar surface area (TPSA) is 72.3 Å². The third-order valence-corrected chi connectivity index (χ3v) is 5.79. The number of morpholine rings is 1. The first-order valence-electron chi connectivity index (χ1n) is 10.7. The number of hydrogen-bond acceptors (Lipinski definition) is 5. The molecule has 0 aliphatic carbocycles. The van der Waals surface area contributed by atoms with Crippen LogP contribution in [0.1, 0.15) is 15.9 Å². The molecule has 1 aliphatic rings. The van der Waals surface area contributed by atoms with E-state index in [2.05, 4.69) is 44.5 Å². The summed E-state index contributed by atoms with van der Waals surface area (Å²) in [6.07, 6.45) is 5.23. The van der Waals surface area contributed by atoms with E-state index in [1.54, 1.807) is 18.7 Å². The van der Waals surface area contributed by atoms with Crippen LogP contribution in [0.2, 0.25) is 0 Å². The molecule has 0 bridgehead atoms. The van der Waals surface area contributed by atoms with Crippen LogP contribution in [0, 0.1) is 0 Å². The SMILES string of the molecule is Cn1cnc2cc(-c3cccc(N4CCOCC4)c3)cc(C(=O)NCc3cccnc3)c21. The number of amides is 1. The molecule has 0 unspecified atom stereocenters. The summed E-state index contributed by atoms with van der Waals surface area (Å²) in [6.45, 7) is 3.66. The Kier molecular flexibility index (Phi) is 5.56. The van der Waals surface area contributed by atoms with Crippen LogP contribution in [0.25, 0.3) is 22.2 Å². The van der Waals surface area contributed by atoms with Gasteiger partial charge >= 0.3 is 0 Å². The summed E-state index contributed by atoms with van der Waals surface area (Å²) in [5, 5.41) is 3.02. The fourth-order valence-electron chi connectivity index (χ4n) is 4.12. The summed E-state index contributed by atoms with van der Waals surface area (Å²) >= 11 is 0. The van der Waals surface area contributed by atoms with Gasteiger partial charge in [0.1, 0.15) is 0 Å². The monoisotopic (exact) mass is 427 g/mol. The molecule has 32 heavy (non-hydrogen) atoms. The van der Waals surface area contributed by atoms with Gasteiger partial charge in [-0.3, -0.25) is 9.78 Å². The number of fused-ring (bicyclic) bond motifs is 1. The Morgan fingerprint density at radius 3 is 2.78 bits per heavy atom. The number of pyridine rings is 1. The average Bonchev–Trinajstić information content (AvgIpc) is 3.24. The summed E-state index contributed by atoms with van der Waals surface area (Å²) in [6, 6.07) is 16.2. The van der Waals surface area contributed by atoms with Crippen molar-refractivity contribution in [2.24, 2.45) is 7.05 Å². The van der Waals surface area contributed by atoms with E-state index in [0.717, 1.165) is 59.7 Å². The number of aromatic nitrogens is 3. The van der Waals surface area contributed by atoms with Crippen LogP contribution in [0.4, 0.5) is 5.69 Å². The number of rotatable bonds is 5. The van der Waals surface area contributed by atoms with Crippen LogP contribution in [0.5, 0.6) is 0 Å². The van der Waals surface area contributed by atoms with Crippen molar-refractivity contribution in [2.75, 3.05) is 31.2 Å². The van der Waals surface area contributed by atoms with Gasteiger partial charge in [-0.1, -0.05) is 18.2 Å². The molecule has 1 saturated heterocycles. The number of ether oxygens (including phenoxy) is 1. The molecule has 0 saturated carbocycles. The third kappa shape index (κ3) is 4.07. The predicted molar refractivity (Wildman–Crippen MR) is 125 cm³/mol. The Morgan fingerprint density at radius 1 is 1.09 bits per heavy atom. The number of anilines is 1. The molecule has 2 aromatic carbocycles. The highest BCUT2D eigenvalue weighted by Gasteiger charge is 2.17. The number of nitrogens with one attached hydrogen (secondary N) is 1. The lowest BCUT2D eigenvalue weighted by atomic mass is 10.00. The van der Waals surface area contributed by atoms with Crippen LogP contribution >= 0.6 is 0 Å². The number of aryl methyl sites for hydroxylation is 1. The lowest BCUT2D eigenvalue weighted by molar-refractivity contribution is 0.0952. The van der Waals surface area contributed by atoms with Crippen LogP contribution < -0.4 is 10.2 Å². The van der Waals surface area contributed by atoms with Gasteiger partial charge in [-0.15, -0.1) is 0 Å². The molecule has 3 heterocycles. The predicted octanol–water partition coefficient (Wildman–Crippen LogP) is 3.40. The molecular weight excluding hydrogens is 402 g/mol. The highest BCUT2D eigenvalue weighted by molar-refractivity contribution is 6.06. The van der Waals surface area contributed by atoms with E-state index in [1.165, 1.54) is 0 Å². The Labute approximate surface area is 186 Å². The van der Waals surface area contributed by atoms with Crippen LogP contribution in [-0.2, 0) is 18.3 Å². The van der Waals surface area contributed by atoms with Gasteiger partial charge in [0.15, 0.2) is 0 Å². The van der Waals surface area contributed by atoms with E-state index >= 15 is 0 Å². The number of nitrogens with zero attached hydrogens (tertiary/aromatic N) is 4. The maximum Gasteiger partial charge on any atom is 0.253 e. The highest BCUT2D eigenvalue weighted by atomic mass is 16.5. The minimum absolute atomic E-state index is 0.131. The van der Waals surface area contributed by atoms with Gasteiger partial charge in [0.25, 0.3) is 5.91 Å². The van der Waals surface area contributed by atoms with Gasteiger partial charge < -0.3 is 19.5 Å². The van der Waals surface area contributed by atoms with E-state index in [4.69, 9.17) is 4.74 Å². The third-order valence-electron chi connectivity index (χ3n) is 5.79. The largest absolute Gasteiger partial charge is 0.378 e. The number of imidazole rings is 1. The van der Waals surface area contributed by atoms with E-state index in [1.807, 2.05) is 35.9 Å². The second-order valence-electron chi connectivity index (χ2n) is 7.94. The number of carbonyl (C=O) groups is 1. The molecule has 1 fully saturated rings. The summed E-state index contributed by atoms with van der Waals surface area (Å²) in [7, 11) is 1.91. The zero-order valence-corrected chi connectivity index (χ0v) is 18.0. The van der Waals surface area contributed by atoms with Crippen molar-refractivity contribution in [1.29, 1.82) is 0 Å². The highest BCUT2D eigenvalue weighted by Crippen LogP contribution is 2.30. The minimum Gasteiger partial charge on any atom is -0.378 e. The molecule has 7 nitrogen and oxygen atoms in total. The minimum atomic E-state index is -0.131. The Balaban J connectivity index is 1.49. The van der Waals surface area contributed by atoms with E-state index in [0.29, 0.717) is 12.1 Å². The van der Waals surface area contributed by atoms with Gasteiger partial charge in [0.2, 0.25) is 0 Å². The number of hydrogen-bond donors (Lipinski definition) is 1. The fourth-order valence-corrected chi connectivity index (χ4v) is 4.12. The van der Waals surface area contributed by atoms with Gasteiger partial charge in [-0.25, -0.2) is 4.98 Å². The molecular formula is C25H25N5O2. The van der Waals surface area contributed by atoms with E-state index in [-0.39, 0.29) is 5.91 Å². The average molecular weight is 428 g/mol. The molecule has 0 spiro atoms. The maximum atomic E-state index is 13.2. The summed E-state index contributed by atoms with van der Waals surface area (Å²) < 4.78 is 7.37. The first-order chi connectivity index (χ1) is 15.7. The number of carbonyl (C=O) groups excluding carboxylic acids is 1. The fraction of sp³-hybridized carbons (Fsp3) is 0.240. The van der Waals surface area contributed by atoms with Crippen LogP contribution in [-0.4, -0.2) is 46.7 Å². The normalized spacial score (nSPS) is 14.0. The van der Waals surface area contributed by atoms with Crippen molar-refractivity contribution >= 4 is 22.6 Å². The van der Waals surface area contributed by atoms with Crippen molar-refractivity contribution in [3.05, 3.63) is 78.4 Å². The van der Waals surface area contributed by atoms with E-state index < -0.39 is 0 Å². The maximum absolute atomic E-state index is 13.2. The van der Waals surface area contributed by atoms with Crippen molar-refractivity contribution in [3.8, 4) is 11.1 Å². The lowest BCUT2D eigenvalue weighted by Gasteiger charge is -2.29. The van der Waals surface area contributed by atoms with Crippen LogP contribution in [0.15, 0.2) is 67.3 Å². The first kappa shape index (κ1) is 20.2. The zero-order chi connectivity index (χ0) is 21.9. The first-order valence-corrected chi connectivity index (χ1v) is 10.7. The summed E-state index contributed by atoms with van der Waals surface area (Å²) in [4.78, 5) is 24.2. The van der Waals surface area contributed by atoms with Gasteiger partial charge in [0, 0.05) is 44.8 Å². The molecule has 0 atom stereocenters. The Morgan fingerprint density at radius 2 is 1.97 bits per heavy atom. The second-order valence-corrected chi connectivity index (χ2v) is 7.94. The molecule has 5 rings (SSSR count). The zero-order valence-electron chi connectivity index (χ0n) is 18.0. The van der Waals surface area contributed by atoms with Crippen molar-refractivity contribution in [2.45, 2.75) is 6.54 Å². The molecule has 0 radical (unpaired) electrons. The van der Waals surface area contributed by atoms with Gasteiger partial charge in [-0.2, -0.15) is 0 Å². The molecule has 1 aliphatic heterocycles. The Bertz CT molecular complexity index is 1250. The summed E-state index contributed by atoms with van der Waals surface area (Å²) in [5.41, 5.74) is 6.37. The quantitative estimate of drug-likeness (QED) is 0.529. The lowest BCUT2D eigenvalue weighted by Crippen LogP contribution is -2.36. The molecule has 1 N–H and O–H groups in total. The molecule has 7 heteroatoms. The van der Waals surface area contributed by atoms with Crippen molar-refractivity contribution < 1.29 is 9.53 Å². The molecule has 2 aromatic heterocycles. The van der Waals surface area contributed by atoms with Crippen LogP contribution in [0.3, 0.4) is 0 Å². The summed E-state index contributed by atoms with van der Waals surface area (Å²) in [5.74, 6) is -0.131. The molecule has 4 aromatic rings. The van der Waals surface area contributed by atoms with Gasteiger partial charge in [0.05, 0.1) is 36.1 Å². The number of benzene rings is 2. The second kappa shape index (κ2) is 8.80. The standard InChI is InChI=1S/C25H25N5O2/c1-29-17-28-23-14-20(19-5-2-6-21(12-19)30-8-10-32-11-9-30)13-22(24(23)29)25(31)27-16-18-4-3-7-26-15-18/h2-7,12-15,17H,8-11,16H2,1H3,(H,27,31). The molecule has 1 amide bonds. The smallest absolute Gasteiger partial charge is 0.253 e. The van der Waals surface area contributed by atoms with Crippen molar-refractivity contribution in [1.82, 2.24) is 19.9 Å². The van der Waals surface area contributed by atoms with E-state index in [9.17, 15) is 4.79 Å². The van der Waals surface area contributed by atoms with Gasteiger partial charge in [-0.05, 0) is 47.0 Å².